The van der Waals surface area contributed by atoms with E-state index >= 15 is 0 Å². The summed E-state index contributed by atoms with van der Waals surface area (Å²) in [5.74, 6) is -0.852. The molecular weight excluding hydrogens is 249 g/mol. The average Bonchev–Trinajstić information content (AvgIpc) is 2.62. The number of carbonyl (C=O) groups is 1. The van der Waals surface area contributed by atoms with Gasteiger partial charge in [-0.1, -0.05) is 11.6 Å². The maximum atomic E-state index is 12.6. The van der Waals surface area contributed by atoms with E-state index in [1.807, 2.05) is 0 Å². The lowest BCUT2D eigenvalue weighted by Gasteiger charge is -2.20. The Morgan fingerprint density at radius 1 is 1.39 bits per heavy atom. The highest BCUT2D eigenvalue weighted by atomic mass is 19.4. The molecule has 2 aliphatic rings. The number of nitrogens with one attached hydrogen (secondary N) is 1. The number of oxime groups is 1. The molecule has 2 unspecified atom stereocenters. The molecule has 0 aliphatic carbocycles. The normalized spacial score (nSPS) is 29.3. The van der Waals surface area contributed by atoms with Gasteiger partial charge >= 0.3 is 6.18 Å². The quantitative estimate of drug-likeness (QED) is 0.829. The fourth-order valence-electron chi connectivity index (χ4n) is 2.38. The Hall–Kier alpha value is -1.27. The molecule has 1 amide bonds. The predicted molar refractivity (Wildman–Crippen MR) is 57.9 cm³/mol. The number of nitrogens with zero attached hydrogens (tertiary/aromatic N) is 1. The van der Waals surface area contributed by atoms with Crippen molar-refractivity contribution in [3.8, 4) is 0 Å². The van der Waals surface area contributed by atoms with Crippen molar-refractivity contribution in [1.82, 2.24) is 5.32 Å². The predicted octanol–water partition coefficient (Wildman–Crippen LogP) is 2.00. The smallest absolute Gasteiger partial charge is 0.395 e. The van der Waals surface area contributed by atoms with Gasteiger partial charge in [-0.2, -0.15) is 13.2 Å². The Labute approximate surface area is 103 Å². The Balaban J connectivity index is 1.96. The average molecular weight is 264 g/mol. The molecule has 0 aromatic carbocycles. The lowest BCUT2D eigenvalue weighted by Crippen LogP contribution is -2.38. The van der Waals surface area contributed by atoms with Crippen molar-refractivity contribution in [2.75, 3.05) is 6.61 Å². The Kier molecular flexibility index (Phi) is 3.77. The second-order valence-corrected chi connectivity index (χ2v) is 4.71. The molecule has 0 radical (unpaired) electrons. The number of hydrogen-bond donors (Lipinski definition) is 1. The van der Waals surface area contributed by atoms with E-state index in [2.05, 4.69) is 15.3 Å². The molecule has 0 saturated carbocycles. The third-order valence-corrected chi connectivity index (χ3v) is 3.26. The van der Waals surface area contributed by atoms with E-state index < -0.39 is 17.8 Å². The molecule has 2 rings (SSSR count). The van der Waals surface area contributed by atoms with E-state index in [1.54, 1.807) is 0 Å². The lowest BCUT2D eigenvalue weighted by molar-refractivity contribution is -0.121. The van der Waals surface area contributed by atoms with E-state index in [0.717, 1.165) is 12.8 Å². The van der Waals surface area contributed by atoms with Crippen LogP contribution in [0.3, 0.4) is 0 Å². The third-order valence-electron chi connectivity index (χ3n) is 3.26. The van der Waals surface area contributed by atoms with Gasteiger partial charge in [-0.25, -0.2) is 0 Å². The standard InChI is InChI=1S/C11H15F3N2O2/c12-11(13,14)10-7(6-18-16-10)5-8-3-1-2-4-9(17)15-8/h7-8H,1-6H2,(H,15,17). The van der Waals surface area contributed by atoms with Gasteiger partial charge in [0.15, 0.2) is 5.71 Å². The molecule has 2 heterocycles. The van der Waals surface area contributed by atoms with E-state index in [-0.39, 0.29) is 25.0 Å². The molecule has 1 N–H and O–H groups in total. The second kappa shape index (κ2) is 5.16. The van der Waals surface area contributed by atoms with Gasteiger partial charge < -0.3 is 10.2 Å². The number of carbonyl (C=O) groups excluding carboxylic acids is 1. The number of halogens is 3. The van der Waals surface area contributed by atoms with Crippen LogP contribution >= 0.6 is 0 Å². The van der Waals surface area contributed by atoms with Crippen molar-refractivity contribution in [3.63, 3.8) is 0 Å². The molecule has 18 heavy (non-hydrogen) atoms. The number of rotatable bonds is 2. The van der Waals surface area contributed by atoms with Crippen LogP contribution in [0.15, 0.2) is 5.16 Å². The molecule has 1 fully saturated rings. The number of alkyl halides is 3. The van der Waals surface area contributed by atoms with Crippen LogP contribution in [-0.4, -0.2) is 30.4 Å². The van der Waals surface area contributed by atoms with Gasteiger partial charge in [-0.15, -0.1) is 0 Å². The van der Waals surface area contributed by atoms with E-state index in [4.69, 9.17) is 0 Å². The molecule has 0 spiro atoms. The number of amides is 1. The van der Waals surface area contributed by atoms with Crippen LogP contribution in [0, 0.1) is 5.92 Å². The molecule has 7 heteroatoms. The minimum atomic E-state index is -4.45. The molecule has 0 bridgehead atoms. The maximum absolute atomic E-state index is 12.6. The molecule has 0 aromatic heterocycles. The van der Waals surface area contributed by atoms with Gasteiger partial charge in [-0.3, -0.25) is 4.79 Å². The van der Waals surface area contributed by atoms with Crippen molar-refractivity contribution < 1.29 is 22.8 Å². The van der Waals surface area contributed by atoms with Crippen LogP contribution in [0.2, 0.25) is 0 Å². The summed E-state index contributed by atoms with van der Waals surface area (Å²) in [5.41, 5.74) is -0.860. The van der Waals surface area contributed by atoms with Gasteiger partial charge in [0.25, 0.3) is 0 Å². The van der Waals surface area contributed by atoms with Gasteiger partial charge in [-0.05, 0) is 19.3 Å². The largest absolute Gasteiger partial charge is 0.433 e. The second-order valence-electron chi connectivity index (χ2n) is 4.71. The van der Waals surface area contributed by atoms with Crippen LogP contribution in [0.5, 0.6) is 0 Å². The molecule has 102 valence electrons. The summed E-state index contributed by atoms with van der Waals surface area (Å²) < 4.78 is 37.9. The molecule has 2 atom stereocenters. The van der Waals surface area contributed by atoms with Gasteiger partial charge in [0.1, 0.15) is 6.61 Å². The number of hydrogen-bond acceptors (Lipinski definition) is 3. The Morgan fingerprint density at radius 2 is 2.17 bits per heavy atom. The molecule has 1 saturated heterocycles. The van der Waals surface area contributed by atoms with E-state index in [9.17, 15) is 18.0 Å². The summed E-state index contributed by atoms with van der Waals surface area (Å²) in [7, 11) is 0. The minimum Gasteiger partial charge on any atom is -0.395 e. The topological polar surface area (TPSA) is 50.7 Å². The fraction of sp³-hybridized carbons (Fsp3) is 0.818. The van der Waals surface area contributed by atoms with Crippen molar-refractivity contribution in [2.24, 2.45) is 11.1 Å². The zero-order valence-electron chi connectivity index (χ0n) is 9.79. The first-order valence-corrected chi connectivity index (χ1v) is 6.03. The maximum Gasteiger partial charge on any atom is 0.433 e. The fourth-order valence-corrected chi connectivity index (χ4v) is 2.38. The molecule has 4 nitrogen and oxygen atoms in total. The van der Waals surface area contributed by atoms with E-state index in [1.165, 1.54) is 0 Å². The van der Waals surface area contributed by atoms with Crippen molar-refractivity contribution in [1.29, 1.82) is 0 Å². The first-order valence-electron chi connectivity index (χ1n) is 6.03. The molecule has 2 aliphatic heterocycles. The first-order chi connectivity index (χ1) is 8.47. The van der Waals surface area contributed by atoms with Crippen molar-refractivity contribution in [2.45, 2.75) is 44.3 Å². The van der Waals surface area contributed by atoms with Crippen LogP contribution in [0.25, 0.3) is 0 Å². The summed E-state index contributed by atoms with van der Waals surface area (Å²) in [4.78, 5) is 15.9. The highest BCUT2D eigenvalue weighted by molar-refractivity contribution is 5.92. The van der Waals surface area contributed by atoms with Crippen molar-refractivity contribution >= 4 is 11.6 Å². The minimum absolute atomic E-state index is 0.0544. The summed E-state index contributed by atoms with van der Waals surface area (Å²) >= 11 is 0. The van der Waals surface area contributed by atoms with Crippen LogP contribution in [0.1, 0.15) is 32.1 Å². The Morgan fingerprint density at radius 3 is 2.89 bits per heavy atom. The first kappa shape index (κ1) is 13.2. The van der Waals surface area contributed by atoms with Crippen LogP contribution in [-0.2, 0) is 9.63 Å². The van der Waals surface area contributed by atoms with E-state index in [0.29, 0.717) is 12.8 Å². The zero-order valence-corrected chi connectivity index (χ0v) is 9.79. The molecular formula is C11H15F3N2O2. The molecule has 0 aromatic rings. The Bertz CT molecular complexity index is 355. The summed E-state index contributed by atoms with van der Waals surface area (Å²) in [5, 5.41) is 5.84. The van der Waals surface area contributed by atoms with Gasteiger partial charge in [0.2, 0.25) is 5.91 Å². The summed E-state index contributed by atoms with van der Waals surface area (Å²) in [6, 6.07) is -0.209. The summed E-state index contributed by atoms with van der Waals surface area (Å²) in [6.07, 6.45) is -1.38. The lowest BCUT2D eigenvalue weighted by atomic mass is 9.93. The monoisotopic (exact) mass is 264 g/mol. The van der Waals surface area contributed by atoms with Gasteiger partial charge in [0, 0.05) is 18.4 Å². The zero-order chi connectivity index (χ0) is 13.2. The highest BCUT2D eigenvalue weighted by Gasteiger charge is 2.45. The van der Waals surface area contributed by atoms with Crippen LogP contribution < -0.4 is 5.32 Å². The van der Waals surface area contributed by atoms with Gasteiger partial charge in [0.05, 0.1) is 0 Å². The summed E-state index contributed by atoms with van der Waals surface area (Å²) in [6.45, 7) is -0.0544. The van der Waals surface area contributed by atoms with Crippen LogP contribution in [0.4, 0.5) is 13.2 Å². The third kappa shape index (κ3) is 3.14. The highest BCUT2D eigenvalue weighted by Crippen LogP contribution is 2.30. The van der Waals surface area contributed by atoms with Crippen molar-refractivity contribution in [3.05, 3.63) is 0 Å². The SMILES string of the molecule is O=C1CCCCC(CC2CON=C2C(F)(F)F)N1.